The zero-order valence-corrected chi connectivity index (χ0v) is 9.83. The number of benzene rings is 1. The van der Waals surface area contributed by atoms with E-state index in [1.54, 1.807) is 0 Å². The zero-order valence-electron chi connectivity index (χ0n) is 9.83. The van der Waals surface area contributed by atoms with E-state index in [9.17, 15) is 9.90 Å². The minimum Gasteiger partial charge on any atom is -0.478 e. The Labute approximate surface area is 101 Å². The molecule has 0 aliphatic heterocycles. The number of carboxylic acids is 1. The maximum atomic E-state index is 11.3. The summed E-state index contributed by atoms with van der Waals surface area (Å²) in [6.45, 7) is 0. The summed E-state index contributed by atoms with van der Waals surface area (Å²) in [5.74, 6) is -0.791. The molecule has 0 amide bonds. The summed E-state index contributed by atoms with van der Waals surface area (Å²) in [4.78, 5) is 11.3. The lowest BCUT2D eigenvalue weighted by Gasteiger charge is -2.24. The zero-order chi connectivity index (χ0) is 11.8. The standard InChI is InChI=1S/C15H16O2/c16-15(17)14-9-10-5-1-2-6-11(10)12-7-3-4-8-13(12)14/h4,8-9H,1-3,5-7H2,(H,16,17). The highest BCUT2D eigenvalue weighted by atomic mass is 16.4. The molecule has 3 rings (SSSR count). The maximum Gasteiger partial charge on any atom is 0.336 e. The fourth-order valence-electron chi connectivity index (χ4n) is 3.09. The van der Waals surface area contributed by atoms with Crippen molar-refractivity contribution in [3.63, 3.8) is 0 Å². The van der Waals surface area contributed by atoms with Crippen LogP contribution >= 0.6 is 0 Å². The van der Waals surface area contributed by atoms with E-state index in [0.717, 1.165) is 31.2 Å². The average Bonchev–Trinajstić information content (AvgIpc) is 2.37. The molecule has 0 saturated carbocycles. The number of hydrogen-bond donors (Lipinski definition) is 1. The highest BCUT2D eigenvalue weighted by molar-refractivity contribution is 5.93. The topological polar surface area (TPSA) is 37.3 Å². The molecule has 1 N–H and O–H groups in total. The van der Waals surface area contributed by atoms with E-state index in [-0.39, 0.29) is 0 Å². The summed E-state index contributed by atoms with van der Waals surface area (Å²) in [5, 5.41) is 9.31. The van der Waals surface area contributed by atoms with Crippen molar-refractivity contribution >= 4 is 12.0 Å². The molecule has 2 nitrogen and oxygen atoms in total. The maximum absolute atomic E-state index is 11.3. The number of carbonyl (C=O) groups is 1. The predicted octanol–water partition coefficient (Wildman–Crippen LogP) is 3.22. The summed E-state index contributed by atoms with van der Waals surface area (Å²) >= 11 is 0. The summed E-state index contributed by atoms with van der Waals surface area (Å²) in [6, 6.07) is 1.91. The van der Waals surface area contributed by atoms with Gasteiger partial charge in [0, 0.05) is 0 Å². The minimum atomic E-state index is -0.791. The van der Waals surface area contributed by atoms with E-state index in [2.05, 4.69) is 6.08 Å². The number of rotatable bonds is 1. The van der Waals surface area contributed by atoms with E-state index < -0.39 is 5.97 Å². The summed E-state index contributed by atoms with van der Waals surface area (Å²) < 4.78 is 0. The number of aryl methyl sites for hydroxylation is 1. The van der Waals surface area contributed by atoms with Gasteiger partial charge in [-0.1, -0.05) is 12.2 Å². The van der Waals surface area contributed by atoms with E-state index in [1.807, 2.05) is 12.1 Å². The third-order valence-electron chi connectivity index (χ3n) is 3.88. The van der Waals surface area contributed by atoms with Gasteiger partial charge in [-0.2, -0.15) is 0 Å². The second kappa shape index (κ2) is 4.02. The molecule has 1 aromatic carbocycles. The summed E-state index contributed by atoms with van der Waals surface area (Å²) in [5.41, 5.74) is 5.49. The lowest BCUT2D eigenvalue weighted by atomic mass is 9.80. The van der Waals surface area contributed by atoms with Gasteiger partial charge in [-0.05, 0) is 66.8 Å². The van der Waals surface area contributed by atoms with Crippen molar-refractivity contribution in [2.75, 3.05) is 0 Å². The van der Waals surface area contributed by atoms with E-state index in [4.69, 9.17) is 0 Å². The second-order valence-corrected chi connectivity index (χ2v) is 4.91. The molecule has 0 fully saturated rings. The molecular weight excluding hydrogens is 212 g/mol. The number of fused-ring (bicyclic) bond motifs is 3. The molecule has 2 aliphatic carbocycles. The van der Waals surface area contributed by atoms with Crippen LogP contribution in [0.3, 0.4) is 0 Å². The van der Waals surface area contributed by atoms with Crippen molar-refractivity contribution in [1.82, 2.24) is 0 Å². The van der Waals surface area contributed by atoms with Crippen LogP contribution in [0.1, 0.15) is 51.9 Å². The van der Waals surface area contributed by atoms with Crippen LogP contribution in [0.15, 0.2) is 12.1 Å². The number of allylic oxidation sites excluding steroid dienone is 1. The Morgan fingerprint density at radius 2 is 1.94 bits per heavy atom. The van der Waals surface area contributed by atoms with Crippen molar-refractivity contribution in [2.45, 2.75) is 38.5 Å². The quantitative estimate of drug-likeness (QED) is 0.801. The molecule has 0 radical (unpaired) electrons. The first-order valence-electron chi connectivity index (χ1n) is 6.35. The van der Waals surface area contributed by atoms with E-state index in [1.165, 1.54) is 29.5 Å². The monoisotopic (exact) mass is 228 g/mol. The normalized spacial score (nSPS) is 17.4. The van der Waals surface area contributed by atoms with Crippen molar-refractivity contribution in [1.29, 1.82) is 0 Å². The third kappa shape index (κ3) is 1.68. The van der Waals surface area contributed by atoms with Crippen molar-refractivity contribution in [3.05, 3.63) is 40.0 Å². The predicted molar refractivity (Wildman–Crippen MR) is 67.4 cm³/mol. The molecule has 1 aromatic rings. The van der Waals surface area contributed by atoms with Crippen LogP contribution in [-0.4, -0.2) is 11.1 Å². The Hall–Kier alpha value is -1.57. The van der Waals surface area contributed by atoms with Gasteiger partial charge in [0.25, 0.3) is 0 Å². The molecule has 17 heavy (non-hydrogen) atoms. The first-order valence-corrected chi connectivity index (χ1v) is 6.35. The van der Waals surface area contributed by atoms with Gasteiger partial charge in [-0.3, -0.25) is 0 Å². The SMILES string of the molecule is O=C(O)c1cc2c(c3c1C=CCC3)CCCC2. The molecule has 0 heterocycles. The Kier molecular flexibility index (Phi) is 2.50. The Bertz CT molecular complexity index is 512. The molecule has 0 saturated heterocycles. The van der Waals surface area contributed by atoms with Gasteiger partial charge in [0.05, 0.1) is 5.56 Å². The Balaban J connectivity index is 2.26. The molecule has 0 spiro atoms. The van der Waals surface area contributed by atoms with Gasteiger partial charge >= 0.3 is 5.97 Å². The fourth-order valence-corrected chi connectivity index (χ4v) is 3.09. The Morgan fingerprint density at radius 1 is 1.12 bits per heavy atom. The smallest absolute Gasteiger partial charge is 0.336 e. The van der Waals surface area contributed by atoms with Crippen LogP contribution in [0.5, 0.6) is 0 Å². The van der Waals surface area contributed by atoms with E-state index >= 15 is 0 Å². The van der Waals surface area contributed by atoms with Gasteiger partial charge < -0.3 is 5.11 Å². The average molecular weight is 228 g/mol. The third-order valence-corrected chi connectivity index (χ3v) is 3.88. The highest BCUT2D eigenvalue weighted by Gasteiger charge is 2.22. The van der Waals surface area contributed by atoms with Crippen molar-refractivity contribution in [3.8, 4) is 0 Å². The van der Waals surface area contributed by atoms with Gasteiger partial charge in [0.15, 0.2) is 0 Å². The van der Waals surface area contributed by atoms with Crippen LogP contribution in [-0.2, 0) is 19.3 Å². The highest BCUT2D eigenvalue weighted by Crippen LogP contribution is 2.33. The number of aromatic carboxylic acids is 1. The number of hydrogen-bond acceptors (Lipinski definition) is 1. The molecule has 2 heteroatoms. The molecule has 2 aliphatic rings. The van der Waals surface area contributed by atoms with Gasteiger partial charge in [-0.25, -0.2) is 4.79 Å². The Morgan fingerprint density at radius 3 is 2.76 bits per heavy atom. The van der Waals surface area contributed by atoms with Crippen LogP contribution in [0, 0.1) is 0 Å². The van der Waals surface area contributed by atoms with Crippen LogP contribution < -0.4 is 0 Å². The van der Waals surface area contributed by atoms with Crippen LogP contribution in [0.2, 0.25) is 0 Å². The lowest BCUT2D eigenvalue weighted by molar-refractivity contribution is 0.0696. The van der Waals surface area contributed by atoms with Gasteiger partial charge in [0.1, 0.15) is 0 Å². The van der Waals surface area contributed by atoms with Crippen molar-refractivity contribution < 1.29 is 9.90 Å². The lowest BCUT2D eigenvalue weighted by Crippen LogP contribution is -2.14. The fraction of sp³-hybridized carbons (Fsp3) is 0.400. The van der Waals surface area contributed by atoms with Crippen LogP contribution in [0.4, 0.5) is 0 Å². The largest absolute Gasteiger partial charge is 0.478 e. The van der Waals surface area contributed by atoms with Gasteiger partial charge in [0.2, 0.25) is 0 Å². The van der Waals surface area contributed by atoms with Crippen LogP contribution in [0.25, 0.3) is 6.08 Å². The first kappa shape index (κ1) is 10.6. The molecule has 0 bridgehead atoms. The molecule has 0 atom stereocenters. The minimum absolute atomic E-state index is 0.497. The van der Waals surface area contributed by atoms with Crippen molar-refractivity contribution in [2.24, 2.45) is 0 Å². The number of carboxylic acid groups (broad SMARTS) is 1. The summed E-state index contributed by atoms with van der Waals surface area (Å²) in [7, 11) is 0. The molecule has 0 unspecified atom stereocenters. The van der Waals surface area contributed by atoms with E-state index in [0.29, 0.717) is 5.56 Å². The molecular formula is C15H16O2. The first-order chi connectivity index (χ1) is 8.27. The molecule has 0 aromatic heterocycles. The molecule has 88 valence electrons. The second-order valence-electron chi connectivity index (χ2n) is 4.91. The summed E-state index contributed by atoms with van der Waals surface area (Å²) in [6.07, 6.45) is 10.8. The van der Waals surface area contributed by atoms with Gasteiger partial charge in [-0.15, -0.1) is 0 Å².